The second kappa shape index (κ2) is 4.47. The van der Waals surface area contributed by atoms with Gasteiger partial charge in [0.05, 0.1) is 0 Å². The van der Waals surface area contributed by atoms with E-state index in [0.717, 1.165) is 5.56 Å². The molecule has 10 heavy (non-hydrogen) atoms. The minimum absolute atomic E-state index is 0. The zero-order valence-electron chi connectivity index (χ0n) is 5.05. The molecule has 0 amide bonds. The molecule has 1 rings (SSSR count). The second-order valence-electron chi connectivity index (χ2n) is 1.62. The predicted octanol–water partition coefficient (Wildman–Crippen LogP) is 2.38. The molecule has 0 aliphatic rings. The van der Waals surface area contributed by atoms with Gasteiger partial charge in [0.1, 0.15) is 0 Å². The van der Waals surface area contributed by atoms with Crippen molar-refractivity contribution in [1.82, 2.24) is 4.98 Å². The van der Waals surface area contributed by atoms with E-state index in [0.29, 0.717) is 5.88 Å². The van der Waals surface area contributed by atoms with E-state index in [2.05, 4.69) is 4.98 Å². The van der Waals surface area contributed by atoms with Crippen LogP contribution in [0.5, 0.6) is 0 Å². The summed E-state index contributed by atoms with van der Waals surface area (Å²) in [7, 11) is 0. The molecule has 0 saturated heterocycles. The van der Waals surface area contributed by atoms with E-state index in [1.165, 1.54) is 12.3 Å². The topological polar surface area (TPSA) is 12.9 Å². The van der Waals surface area contributed by atoms with Crippen LogP contribution < -0.4 is 0 Å². The zero-order valence-corrected chi connectivity index (χ0v) is 6.62. The van der Waals surface area contributed by atoms with Crippen molar-refractivity contribution in [1.29, 1.82) is 0 Å². The van der Waals surface area contributed by atoms with Gasteiger partial charge in [0.25, 0.3) is 0 Å². The number of nitrogens with zero attached hydrogens (tertiary/aromatic N) is 1. The molecule has 1 nitrogen and oxygen atoms in total. The summed E-state index contributed by atoms with van der Waals surface area (Å²) in [4.78, 5) is 3.40. The molecule has 56 valence electrons. The summed E-state index contributed by atoms with van der Waals surface area (Å²) >= 11 is 5.42. The third-order valence-electron chi connectivity index (χ3n) is 0.943. The Bertz CT molecular complexity index is 187. The van der Waals surface area contributed by atoms with Crippen LogP contribution in [0.2, 0.25) is 0 Å². The van der Waals surface area contributed by atoms with Crippen LogP contribution >= 0.6 is 24.0 Å². The fraction of sp³-hybridized carbons (Fsp3) is 0.167. The van der Waals surface area contributed by atoms with Crippen LogP contribution in [0.15, 0.2) is 18.3 Å². The minimum Gasteiger partial charge on any atom is -0.228 e. The molecular weight excluding hydrogens is 176 g/mol. The van der Waals surface area contributed by atoms with Crippen molar-refractivity contribution >= 4 is 24.0 Å². The van der Waals surface area contributed by atoms with E-state index in [1.807, 2.05) is 0 Å². The van der Waals surface area contributed by atoms with Crippen molar-refractivity contribution in [3.05, 3.63) is 29.8 Å². The Balaban J connectivity index is 0.000000810. The van der Waals surface area contributed by atoms with Crippen molar-refractivity contribution in [2.75, 3.05) is 0 Å². The van der Waals surface area contributed by atoms with Gasteiger partial charge in [-0.05, 0) is 11.6 Å². The first kappa shape index (κ1) is 9.66. The number of halogens is 3. The molecule has 0 radical (unpaired) electrons. The molecule has 0 bridgehead atoms. The van der Waals surface area contributed by atoms with Crippen molar-refractivity contribution in [2.45, 2.75) is 5.88 Å². The van der Waals surface area contributed by atoms with Gasteiger partial charge < -0.3 is 0 Å². The van der Waals surface area contributed by atoms with Gasteiger partial charge in [-0.3, -0.25) is 0 Å². The van der Waals surface area contributed by atoms with Gasteiger partial charge >= 0.3 is 0 Å². The largest absolute Gasteiger partial charge is 0.228 e. The lowest BCUT2D eigenvalue weighted by Crippen LogP contribution is -1.82. The van der Waals surface area contributed by atoms with Crippen LogP contribution in [0, 0.1) is 5.95 Å². The van der Waals surface area contributed by atoms with Crippen LogP contribution in [0.25, 0.3) is 0 Å². The summed E-state index contributed by atoms with van der Waals surface area (Å²) < 4.78 is 12.1. The number of pyridine rings is 1. The average molecular weight is 182 g/mol. The summed E-state index contributed by atoms with van der Waals surface area (Å²) in [5.74, 6) is -0.0864. The van der Waals surface area contributed by atoms with Gasteiger partial charge in [0, 0.05) is 12.1 Å². The molecule has 4 heteroatoms. The first-order valence-electron chi connectivity index (χ1n) is 2.49. The van der Waals surface area contributed by atoms with Crippen molar-refractivity contribution in [3.63, 3.8) is 0 Å². The summed E-state index contributed by atoms with van der Waals surface area (Å²) in [5.41, 5.74) is 0.832. The second-order valence-corrected chi connectivity index (χ2v) is 1.89. The van der Waals surface area contributed by atoms with E-state index in [1.54, 1.807) is 6.07 Å². The fourth-order valence-electron chi connectivity index (χ4n) is 0.485. The highest BCUT2D eigenvalue weighted by Gasteiger charge is 1.90. The van der Waals surface area contributed by atoms with Crippen molar-refractivity contribution < 1.29 is 4.39 Å². The quantitative estimate of drug-likeness (QED) is 0.479. The van der Waals surface area contributed by atoms with Gasteiger partial charge in [-0.2, -0.15) is 4.39 Å². The van der Waals surface area contributed by atoms with Crippen LogP contribution in [-0.4, -0.2) is 4.98 Å². The lowest BCUT2D eigenvalue weighted by molar-refractivity contribution is 0.583. The molecule has 1 aromatic heterocycles. The maximum Gasteiger partial charge on any atom is 0.212 e. The van der Waals surface area contributed by atoms with Crippen molar-refractivity contribution in [3.8, 4) is 0 Å². The first-order valence-corrected chi connectivity index (χ1v) is 3.03. The standard InChI is InChI=1S/C6H5ClFN.ClH/c7-3-5-1-2-6(8)9-4-5;/h1-2,4H,3H2;1H. The van der Waals surface area contributed by atoms with E-state index in [-0.39, 0.29) is 12.4 Å². The van der Waals surface area contributed by atoms with Gasteiger partial charge in [-0.25, -0.2) is 4.98 Å². The molecule has 0 saturated carbocycles. The Kier molecular flexibility index (Phi) is 4.32. The molecule has 0 aliphatic carbocycles. The normalized spacial score (nSPS) is 8.60. The average Bonchev–Trinajstić information content (AvgIpc) is 1.90. The summed E-state index contributed by atoms with van der Waals surface area (Å²) in [6.45, 7) is 0. The third kappa shape index (κ3) is 2.50. The third-order valence-corrected chi connectivity index (χ3v) is 1.25. The number of alkyl halides is 1. The molecule has 0 N–H and O–H groups in total. The van der Waals surface area contributed by atoms with Gasteiger partial charge in [-0.15, -0.1) is 24.0 Å². The van der Waals surface area contributed by atoms with Crippen molar-refractivity contribution in [2.24, 2.45) is 0 Å². The molecule has 0 aromatic carbocycles. The Labute approximate surface area is 69.6 Å². The summed E-state index contributed by atoms with van der Waals surface area (Å²) in [5, 5.41) is 0. The van der Waals surface area contributed by atoms with E-state index >= 15 is 0 Å². The number of hydrogen-bond acceptors (Lipinski definition) is 1. The summed E-state index contributed by atoms with van der Waals surface area (Å²) in [6, 6.07) is 2.90. The van der Waals surface area contributed by atoms with Gasteiger partial charge in [0.2, 0.25) is 5.95 Å². The monoisotopic (exact) mass is 181 g/mol. The first-order chi connectivity index (χ1) is 4.33. The Morgan fingerprint density at radius 3 is 2.60 bits per heavy atom. The van der Waals surface area contributed by atoms with Crippen LogP contribution in [0.1, 0.15) is 5.56 Å². The highest BCUT2D eigenvalue weighted by atomic mass is 35.5. The van der Waals surface area contributed by atoms with Crippen LogP contribution in [-0.2, 0) is 5.88 Å². The van der Waals surface area contributed by atoms with Crippen LogP contribution in [0.4, 0.5) is 4.39 Å². The molecule has 0 aliphatic heterocycles. The number of rotatable bonds is 1. The number of aromatic nitrogens is 1. The zero-order chi connectivity index (χ0) is 6.69. The molecular formula is C6H6Cl2FN. The predicted molar refractivity (Wildman–Crippen MR) is 41.0 cm³/mol. The van der Waals surface area contributed by atoms with E-state index < -0.39 is 5.95 Å². The SMILES string of the molecule is Cl.Fc1ccc(CCl)cn1. The maximum absolute atomic E-state index is 12.1. The molecule has 0 spiro atoms. The van der Waals surface area contributed by atoms with E-state index in [9.17, 15) is 4.39 Å². The molecule has 1 heterocycles. The molecule has 1 aromatic rings. The van der Waals surface area contributed by atoms with Gasteiger partial charge in [0.15, 0.2) is 0 Å². The Morgan fingerprint density at radius 1 is 1.50 bits per heavy atom. The molecule has 0 fully saturated rings. The minimum atomic E-state index is -0.469. The fourth-order valence-corrected chi connectivity index (χ4v) is 0.644. The Morgan fingerprint density at radius 2 is 2.20 bits per heavy atom. The molecule has 0 unspecified atom stereocenters. The highest BCUT2D eigenvalue weighted by molar-refractivity contribution is 6.17. The maximum atomic E-state index is 12.1. The summed E-state index contributed by atoms with van der Waals surface area (Å²) in [6.07, 6.45) is 1.42. The number of hydrogen-bond donors (Lipinski definition) is 0. The molecule has 0 atom stereocenters. The smallest absolute Gasteiger partial charge is 0.212 e. The van der Waals surface area contributed by atoms with E-state index in [4.69, 9.17) is 11.6 Å². The van der Waals surface area contributed by atoms with Crippen LogP contribution in [0.3, 0.4) is 0 Å². The lowest BCUT2D eigenvalue weighted by atomic mass is 10.3. The highest BCUT2D eigenvalue weighted by Crippen LogP contribution is 2.01. The Hall–Kier alpha value is -0.340. The van der Waals surface area contributed by atoms with Gasteiger partial charge in [-0.1, -0.05) is 6.07 Å². The lowest BCUT2D eigenvalue weighted by Gasteiger charge is -1.90.